The molecule has 0 saturated carbocycles. The second kappa shape index (κ2) is 10.0. The molecule has 8 heteroatoms. The molecule has 0 aliphatic heterocycles. The molecule has 0 aliphatic rings. The number of aromatic hydroxyl groups is 1. The molecule has 0 unspecified atom stereocenters. The number of phenols is 1. The number of ketones is 1. The van der Waals surface area contributed by atoms with Crippen molar-refractivity contribution in [2.24, 2.45) is 0 Å². The second-order valence-electron chi connectivity index (χ2n) is 6.87. The molecule has 0 aromatic heterocycles. The van der Waals surface area contributed by atoms with Crippen molar-refractivity contribution in [2.75, 3.05) is 5.32 Å². The Bertz CT molecular complexity index is 1170. The fraction of sp³-hybridized carbons (Fsp3) is 0.0833. The molecule has 2 N–H and O–H groups in total. The van der Waals surface area contributed by atoms with Gasteiger partial charge in [-0.1, -0.05) is 48.5 Å². The van der Waals surface area contributed by atoms with Crippen molar-refractivity contribution in [3.05, 3.63) is 99.6 Å². The van der Waals surface area contributed by atoms with Crippen LogP contribution < -0.4 is 10.1 Å². The molecular formula is C24H20N2O6. The molecule has 0 heterocycles. The van der Waals surface area contributed by atoms with E-state index in [0.29, 0.717) is 17.9 Å². The van der Waals surface area contributed by atoms with Crippen molar-refractivity contribution in [1.82, 2.24) is 0 Å². The highest BCUT2D eigenvalue weighted by Crippen LogP contribution is 2.34. The molecule has 3 rings (SSSR count). The van der Waals surface area contributed by atoms with Crippen LogP contribution in [0.4, 0.5) is 11.4 Å². The zero-order valence-corrected chi connectivity index (χ0v) is 17.1. The number of hydrogen-bond donors (Lipinski definition) is 2. The predicted molar refractivity (Wildman–Crippen MR) is 120 cm³/mol. The van der Waals surface area contributed by atoms with Gasteiger partial charge >= 0.3 is 5.69 Å². The minimum Gasteiger partial charge on any atom is -0.502 e. The van der Waals surface area contributed by atoms with Crippen molar-refractivity contribution in [3.63, 3.8) is 0 Å². The van der Waals surface area contributed by atoms with Crippen LogP contribution in [0.2, 0.25) is 0 Å². The van der Waals surface area contributed by atoms with Crippen LogP contribution in [0.3, 0.4) is 0 Å². The van der Waals surface area contributed by atoms with Crippen LogP contribution in [-0.4, -0.2) is 21.7 Å². The Balaban J connectivity index is 1.73. The number of phenolic OH excluding ortho intramolecular Hbond substituents is 1. The van der Waals surface area contributed by atoms with E-state index in [2.05, 4.69) is 5.32 Å². The molecule has 0 spiro atoms. The first-order chi connectivity index (χ1) is 15.3. The number of hydrogen-bond acceptors (Lipinski definition) is 6. The number of amides is 1. The number of carbonyl (C=O) groups is 2. The highest BCUT2D eigenvalue weighted by molar-refractivity contribution is 6.10. The molecule has 0 fully saturated rings. The number of nitrogens with zero attached hydrogens (tertiary/aromatic N) is 1. The molecule has 0 radical (unpaired) electrons. The standard InChI is InChI=1S/C24H20N2O6/c1-16(27)25-19-13-21(24(29)22(14-19)26(30)31)23(28)12-9-17-7-10-20(11-8-17)32-15-18-5-3-2-4-6-18/h2-14,29H,15H2,1H3,(H,25,27). The summed E-state index contributed by atoms with van der Waals surface area (Å²) < 4.78 is 5.72. The van der Waals surface area contributed by atoms with Crippen LogP contribution in [0.15, 0.2) is 72.8 Å². The van der Waals surface area contributed by atoms with Crippen LogP contribution >= 0.6 is 0 Å². The Morgan fingerprint density at radius 3 is 2.41 bits per heavy atom. The third-order valence-electron chi connectivity index (χ3n) is 4.43. The maximum absolute atomic E-state index is 12.6. The van der Waals surface area contributed by atoms with Gasteiger partial charge in [0.2, 0.25) is 11.7 Å². The van der Waals surface area contributed by atoms with Gasteiger partial charge in [-0.2, -0.15) is 0 Å². The SMILES string of the molecule is CC(=O)Nc1cc(C(=O)C=Cc2ccc(OCc3ccccc3)cc2)c(O)c([N+](=O)[O-])c1. The summed E-state index contributed by atoms with van der Waals surface area (Å²) in [5.74, 6) is -1.22. The number of allylic oxidation sites excluding steroid dienone is 1. The Morgan fingerprint density at radius 2 is 1.78 bits per heavy atom. The number of anilines is 1. The molecule has 0 saturated heterocycles. The van der Waals surface area contributed by atoms with Gasteiger partial charge in [-0.3, -0.25) is 19.7 Å². The van der Waals surface area contributed by atoms with Crippen molar-refractivity contribution < 1.29 is 24.4 Å². The fourth-order valence-corrected chi connectivity index (χ4v) is 2.90. The van der Waals surface area contributed by atoms with E-state index in [-0.39, 0.29) is 11.3 Å². The van der Waals surface area contributed by atoms with Crippen LogP contribution in [0, 0.1) is 10.1 Å². The summed E-state index contributed by atoms with van der Waals surface area (Å²) in [7, 11) is 0. The lowest BCUT2D eigenvalue weighted by atomic mass is 10.1. The lowest BCUT2D eigenvalue weighted by Crippen LogP contribution is -2.08. The number of nitro benzene ring substituents is 1. The number of nitrogens with one attached hydrogen (secondary N) is 1. The maximum atomic E-state index is 12.6. The number of ether oxygens (including phenoxy) is 1. The van der Waals surface area contributed by atoms with E-state index in [1.165, 1.54) is 25.1 Å². The summed E-state index contributed by atoms with van der Waals surface area (Å²) >= 11 is 0. The van der Waals surface area contributed by atoms with Gasteiger partial charge in [-0.05, 0) is 35.4 Å². The summed E-state index contributed by atoms with van der Waals surface area (Å²) in [5, 5.41) is 23.7. The number of rotatable bonds is 8. The Labute approximate surface area is 183 Å². The zero-order chi connectivity index (χ0) is 23.1. The number of benzene rings is 3. The lowest BCUT2D eigenvalue weighted by molar-refractivity contribution is -0.385. The van der Waals surface area contributed by atoms with Crippen LogP contribution in [0.5, 0.6) is 11.5 Å². The van der Waals surface area contributed by atoms with E-state index < -0.39 is 28.1 Å². The van der Waals surface area contributed by atoms with Crippen molar-refractivity contribution in [3.8, 4) is 11.5 Å². The van der Waals surface area contributed by atoms with Crippen molar-refractivity contribution >= 4 is 29.1 Å². The summed E-state index contributed by atoms with van der Waals surface area (Å²) in [6.07, 6.45) is 2.70. The van der Waals surface area contributed by atoms with Gasteiger partial charge < -0.3 is 15.2 Å². The summed E-state index contributed by atoms with van der Waals surface area (Å²) in [6.45, 7) is 1.66. The average molecular weight is 432 g/mol. The molecule has 0 atom stereocenters. The van der Waals surface area contributed by atoms with Gasteiger partial charge in [0.25, 0.3) is 0 Å². The summed E-state index contributed by atoms with van der Waals surface area (Å²) in [5.41, 5.74) is 0.809. The van der Waals surface area contributed by atoms with Gasteiger partial charge in [0.15, 0.2) is 5.78 Å². The van der Waals surface area contributed by atoms with Crippen LogP contribution in [0.25, 0.3) is 6.08 Å². The molecule has 162 valence electrons. The van der Waals surface area contributed by atoms with E-state index in [4.69, 9.17) is 4.74 Å². The third-order valence-corrected chi connectivity index (χ3v) is 4.43. The molecule has 0 bridgehead atoms. The highest BCUT2D eigenvalue weighted by atomic mass is 16.6. The van der Waals surface area contributed by atoms with Crippen LogP contribution in [0.1, 0.15) is 28.4 Å². The first-order valence-corrected chi connectivity index (χ1v) is 9.61. The van der Waals surface area contributed by atoms with Gasteiger partial charge in [0, 0.05) is 18.7 Å². The fourth-order valence-electron chi connectivity index (χ4n) is 2.90. The quantitative estimate of drug-likeness (QED) is 0.175. The van der Waals surface area contributed by atoms with Gasteiger partial charge in [-0.15, -0.1) is 0 Å². The minimum absolute atomic E-state index is 0.0404. The monoisotopic (exact) mass is 432 g/mol. The van der Waals surface area contributed by atoms with E-state index in [1.807, 2.05) is 30.3 Å². The average Bonchev–Trinajstić information content (AvgIpc) is 2.78. The lowest BCUT2D eigenvalue weighted by Gasteiger charge is -2.07. The van der Waals surface area contributed by atoms with Crippen molar-refractivity contribution in [1.29, 1.82) is 0 Å². The molecule has 1 amide bonds. The smallest absolute Gasteiger partial charge is 0.313 e. The summed E-state index contributed by atoms with van der Waals surface area (Å²) in [6, 6.07) is 18.9. The van der Waals surface area contributed by atoms with E-state index in [9.17, 15) is 24.8 Å². The first-order valence-electron chi connectivity index (χ1n) is 9.61. The molecular weight excluding hydrogens is 412 g/mol. The molecule has 0 aliphatic carbocycles. The molecule has 32 heavy (non-hydrogen) atoms. The Hall–Kier alpha value is -4.46. The Kier molecular flexibility index (Phi) is 6.97. The number of nitro groups is 1. The normalized spacial score (nSPS) is 10.7. The highest BCUT2D eigenvalue weighted by Gasteiger charge is 2.22. The topological polar surface area (TPSA) is 119 Å². The molecule has 3 aromatic rings. The van der Waals surface area contributed by atoms with Crippen molar-refractivity contribution in [2.45, 2.75) is 13.5 Å². The predicted octanol–water partition coefficient (Wildman–Crippen LogP) is 4.73. The summed E-state index contributed by atoms with van der Waals surface area (Å²) in [4.78, 5) is 34.2. The second-order valence-corrected chi connectivity index (χ2v) is 6.87. The first kappa shape index (κ1) is 22.2. The van der Waals surface area contributed by atoms with E-state index in [0.717, 1.165) is 11.6 Å². The maximum Gasteiger partial charge on any atom is 0.313 e. The molecule has 3 aromatic carbocycles. The minimum atomic E-state index is -0.824. The van der Waals surface area contributed by atoms with E-state index >= 15 is 0 Å². The van der Waals surface area contributed by atoms with Gasteiger partial charge in [0.05, 0.1) is 10.5 Å². The zero-order valence-electron chi connectivity index (χ0n) is 17.1. The van der Waals surface area contributed by atoms with Crippen LogP contribution in [-0.2, 0) is 11.4 Å². The Morgan fingerprint density at radius 1 is 1.09 bits per heavy atom. The van der Waals surface area contributed by atoms with E-state index in [1.54, 1.807) is 24.3 Å². The third kappa shape index (κ3) is 5.79. The number of carbonyl (C=O) groups excluding carboxylic acids is 2. The largest absolute Gasteiger partial charge is 0.502 e. The molecule has 8 nitrogen and oxygen atoms in total. The van der Waals surface area contributed by atoms with Gasteiger partial charge in [-0.25, -0.2) is 0 Å². The van der Waals surface area contributed by atoms with Gasteiger partial charge in [0.1, 0.15) is 12.4 Å².